The predicted molar refractivity (Wildman–Crippen MR) is 106 cm³/mol. The highest BCUT2D eigenvalue weighted by atomic mass is 35.5. The van der Waals surface area contributed by atoms with Gasteiger partial charge in [0.15, 0.2) is 0 Å². The van der Waals surface area contributed by atoms with Gasteiger partial charge in [-0.05, 0) is 54.3 Å². The average molecular weight is 396 g/mol. The van der Waals surface area contributed by atoms with Gasteiger partial charge in [0.1, 0.15) is 11.6 Å². The molecule has 3 heterocycles. The minimum atomic E-state index is -0.343. The first-order chi connectivity index (χ1) is 13.7. The van der Waals surface area contributed by atoms with Crippen molar-refractivity contribution >= 4 is 17.4 Å². The summed E-state index contributed by atoms with van der Waals surface area (Å²) in [5, 5.41) is 12.4. The summed E-state index contributed by atoms with van der Waals surface area (Å²) in [6, 6.07) is 14.4. The molecule has 0 radical (unpaired) electrons. The summed E-state index contributed by atoms with van der Waals surface area (Å²) in [5.41, 5.74) is 2.23. The molecular weight excluding hydrogens is 377 g/mol. The van der Waals surface area contributed by atoms with Crippen LogP contribution in [-0.4, -0.2) is 39.2 Å². The van der Waals surface area contributed by atoms with Gasteiger partial charge in [-0.3, -0.25) is 9.88 Å². The molecule has 7 heteroatoms. The zero-order valence-electron chi connectivity index (χ0n) is 15.1. The van der Waals surface area contributed by atoms with Gasteiger partial charge in [-0.25, -0.2) is 4.39 Å². The summed E-state index contributed by atoms with van der Waals surface area (Å²) >= 11 is 6.14. The number of likely N-dealkylation sites (tertiary alicyclic amines) is 1. The van der Waals surface area contributed by atoms with Crippen LogP contribution in [-0.2, 0) is 6.54 Å². The average Bonchev–Trinajstić information content (AvgIpc) is 3.15. The van der Waals surface area contributed by atoms with Gasteiger partial charge in [0, 0.05) is 37.4 Å². The highest BCUT2D eigenvalue weighted by molar-refractivity contribution is 6.33. The molecule has 0 bridgehead atoms. The smallest absolute Gasteiger partial charge is 0.148 e. The number of piperidine rings is 1. The first-order valence-electron chi connectivity index (χ1n) is 9.35. The van der Waals surface area contributed by atoms with E-state index in [-0.39, 0.29) is 5.82 Å². The van der Waals surface area contributed by atoms with E-state index in [0.29, 0.717) is 34.2 Å². The molecule has 142 valence electrons. The van der Waals surface area contributed by atoms with E-state index in [1.807, 2.05) is 30.5 Å². The largest absolute Gasteiger partial charge is 0.365 e. The molecule has 5 rings (SSSR count). The molecule has 1 saturated heterocycles. The van der Waals surface area contributed by atoms with Crippen LogP contribution in [0.1, 0.15) is 5.69 Å². The number of pyridine rings is 1. The Labute approximate surface area is 167 Å². The Hall–Kier alpha value is -2.57. The SMILES string of the molecule is Fc1ccc(Cl)c(-c2ccc(NC3[C@@H]4CN(Cc5ccccn5)C[C@@H]34)nn2)c1. The van der Waals surface area contributed by atoms with Crippen LogP contribution in [0.3, 0.4) is 0 Å². The number of fused-ring (bicyclic) bond motifs is 1. The fraction of sp³-hybridized carbons (Fsp3) is 0.286. The van der Waals surface area contributed by atoms with Crippen molar-refractivity contribution in [3.05, 3.63) is 71.3 Å². The molecule has 0 spiro atoms. The molecule has 1 aromatic carbocycles. The number of aromatic nitrogens is 3. The highest BCUT2D eigenvalue weighted by Crippen LogP contribution is 2.47. The second kappa shape index (κ2) is 7.11. The third-order valence-corrected chi connectivity index (χ3v) is 5.89. The van der Waals surface area contributed by atoms with E-state index in [9.17, 15) is 4.39 Å². The third kappa shape index (κ3) is 3.45. The Bertz CT molecular complexity index is 970. The number of rotatable bonds is 5. The molecular formula is C21H19ClFN5. The monoisotopic (exact) mass is 395 g/mol. The van der Waals surface area contributed by atoms with Crippen molar-refractivity contribution in [2.45, 2.75) is 12.6 Å². The molecule has 2 aromatic heterocycles. The second-order valence-corrected chi connectivity index (χ2v) is 7.85. The van der Waals surface area contributed by atoms with Crippen LogP contribution in [0.15, 0.2) is 54.7 Å². The fourth-order valence-electron chi connectivity index (χ4n) is 4.10. The minimum absolute atomic E-state index is 0.343. The molecule has 2 aliphatic rings. The molecule has 1 saturated carbocycles. The fourth-order valence-corrected chi connectivity index (χ4v) is 4.31. The number of anilines is 1. The van der Waals surface area contributed by atoms with E-state index in [4.69, 9.17) is 11.6 Å². The van der Waals surface area contributed by atoms with Crippen LogP contribution < -0.4 is 5.32 Å². The van der Waals surface area contributed by atoms with Crippen LogP contribution in [0.5, 0.6) is 0 Å². The predicted octanol–water partition coefficient (Wildman–Crippen LogP) is 3.87. The molecule has 0 unspecified atom stereocenters. The number of hydrogen-bond acceptors (Lipinski definition) is 5. The Morgan fingerprint density at radius 2 is 1.93 bits per heavy atom. The molecule has 0 amide bonds. The van der Waals surface area contributed by atoms with Gasteiger partial charge in [0.05, 0.1) is 16.4 Å². The van der Waals surface area contributed by atoms with Gasteiger partial charge in [0.25, 0.3) is 0 Å². The Balaban J connectivity index is 1.18. The standard InChI is InChI=1S/C21H19ClFN5/c22-18-5-4-13(23)9-15(18)19-6-7-20(27-26-19)25-21-16-11-28(12-17(16)21)10-14-3-1-2-8-24-14/h1-9,16-17,21H,10-12H2,(H,25,27)/t16-,17-/m1/s1. The number of nitrogens with one attached hydrogen (secondary N) is 1. The molecule has 1 N–H and O–H groups in total. The normalized spacial score (nSPS) is 23.4. The van der Waals surface area contributed by atoms with Crippen LogP contribution in [0, 0.1) is 17.7 Å². The number of benzene rings is 1. The van der Waals surface area contributed by atoms with E-state index >= 15 is 0 Å². The maximum Gasteiger partial charge on any atom is 0.148 e. The maximum absolute atomic E-state index is 13.5. The number of halogens is 2. The Morgan fingerprint density at radius 1 is 1.07 bits per heavy atom. The number of hydrogen-bond donors (Lipinski definition) is 1. The van der Waals surface area contributed by atoms with Crippen LogP contribution >= 0.6 is 11.6 Å². The van der Waals surface area contributed by atoms with E-state index in [1.54, 1.807) is 0 Å². The number of nitrogens with zero attached hydrogens (tertiary/aromatic N) is 4. The lowest BCUT2D eigenvalue weighted by Crippen LogP contribution is -2.28. The summed E-state index contributed by atoms with van der Waals surface area (Å²) in [6.07, 6.45) is 1.84. The maximum atomic E-state index is 13.5. The lowest BCUT2D eigenvalue weighted by Gasteiger charge is -2.19. The summed E-state index contributed by atoms with van der Waals surface area (Å²) < 4.78 is 13.5. The lowest BCUT2D eigenvalue weighted by atomic mass is 10.1. The third-order valence-electron chi connectivity index (χ3n) is 5.56. The quantitative estimate of drug-likeness (QED) is 0.710. The van der Waals surface area contributed by atoms with Gasteiger partial charge < -0.3 is 5.32 Å². The zero-order chi connectivity index (χ0) is 19.1. The van der Waals surface area contributed by atoms with Crippen molar-refractivity contribution in [1.82, 2.24) is 20.1 Å². The molecule has 2 atom stereocenters. The molecule has 28 heavy (non-hydrogen) atoms. The topological polar surface area (TPSA) is 53.9 Å². The van der Waals surface area contributed by atoms with Crippen molar-refractivity contribution in [2.24, 2.45) is 11.8 Å². The van der Waals surface area contributed by atoms with Crippen LogP contribution in [0.4, 0.5) is 10.2 Å². The molecule has 2 fully saturated rings. The van der Waals surface area contributed by atoms with E-state index < -0.39 is 0 Å². The van der Waals surface area contributed by atoms with E-state index in [0.717, 1.165) is 31.1 Å². The first-order valence-corrected chi connectivity index (χ1v) is 9.73. The molecule has 3 aromatic rings. The summed E-state index contributed by atoms with van der Waals surface area (Å²) in [5.74, 6) is 1.68. The Morgan fingerprint density at radius 3 is 2.64 bits per heavy atom. The summed E-state index contributed by atoms with van der Waals surface area (Å²) in [7, 11) is 0. The minimum Gasteiger partial charge on any atom is -0.365 e. The van der Waals surface area contributed by atoms with Crippen molar-refractivity contribution in [3.8, 4) is 11.3 Å². The Kier molecular flexibility index (Phi) is 4.45. The zero-order valence-corrected chi connectivity index (χ0v) is 15.9. The van der Waals surface area contributed by atoms with Crippen LogP contribution in [0.25, 0.3) is 11.3 Å². The van der Waals surface area contributed by atoms with Crippen molar-refractivity contribution in [3.63, 3.8) is 0 Å². The van der Waals surface area contributed by atoms with Crippen molar-refractivity contribution in [2.75, 3.05) is 18.4 Å². The van der Waals surface area contributed by atoms with Gasteiger partial charge in [0.2, 0.25) is 0 Å². The first kappa shape index (κ1) is 17.5. The van der Waals surface area contributed by atoms with Gasteiger partial charge in [-0.2, -0.15) is 0 Å². The summed E-state index contributed by atoms with van der Waals surface area (Å²) in [6.45, 7) is 3.05. The highest BCUT2D eigenvalue weighted by Gasteiger charge is 2.55. The van der Waals surface area contributed by atoms with Crippen molar-refractivity contribution in [1.29, 1.82) is 0 Å². The van der Waals surface area contributed by atoms with Crippen molar-refractivity contribution < 1.29 is 4.39 Å². The molecule has 1 aliphatic carbocycles. The van der Waals surface area contributed by atoms with Gasteiger partial charge in [-0.1, -0.05) is 17.7 Å². The lowest BCUT2D eigenvalue weighted by molar-refractivity contribution is 0.289. The van der Waals surface area contributed by atoms with E-state index in [2.05, 4.69) is 31.5 Å². The summed E-state index contributed by atoms with van der Waals surface area (Å²) in [4.78, 5) is 6.86. The van der Waals surface area contributed by atoms with Crippen LogP contribution in [0.2, 0.25) is 5.02 Å². The molecule has 1 aliphatic heterocycles. The van der Waals surface area contributed by atoms with E-state index in [1.165, 1.54) is 18.2 Å². The van der Waals surface area contributed by atoms with Gasteiger partial charge >= 0.3 is 0 Å². The second-order valence-electron chi connectivity index (χ2n) is 7.44. The van der Waals surface area contributed by atoms with Gasteiger partial charge in [-0.15, -0.1) is 10.2 Å². The molecule has 5 nitrogen and oxygen atoms in total.